The second-order valence-corrected chi connectivity index (χ2v) is 14.6. The summed E-state index contributed by atoms with van der Waals surface area (Å²) in [4.78, 5) is 17.4. The molecule has 3 atom stereocenters. The number of anilines is 2. The van der Waals surface area contributed by atoms with Crippen molar-refractivity contribution in [3.05, 3.63) is 52.3 Å². The molecule has 2 heterocycles. The Balaban J connectivity index is 1.74. The van der Waals surface area contributed by atoms with Crippen LogP contribution in [0.25, 0.3) is 11.5 Å². The van der Waals surface area contributed by atoms with Crippen LogP contribution in [0.2, 0.25) is 0 Å². The zero-order chi connectivity index (χ0) is 30.2. The van der Waals surface area contributed by atoms with E-state index < -0.39 is 27.3 Å². The van der Waals surface area contributed by atoms with Crippen LogP contribution in [0, 0.1) is 11.8 Å². The van der Waals surface area contributed by atoms with Crippen molar-refractivity contribution >= 4 is 43.7 Å². The van der Waals surface area contributed by atoms with Crippen LogP contribution in [0.15, 0.2) is 45.3 Å². The van der Waals surface area contributed by atoms with E-state index in [9.17, 15) is 13.2 Å². The second kappa shape index (κ2) is 11.6. The van der Waals surface area contributed by atoms with Crippen molar-refractivity contribution in [2.75, 3.05) is 29.5 Å². The number of nitrogens with zero attached hydrogens (tertiary/aromatic N) is 4. The largest absolute Gasteiger partial charge is 0.444 e. The van der Waals surface area contributed by atoms with E-state index in [0.717, 1.165) is 22.5 Å². The van der Waals surface area contributed by atoms with Crippen molar-refractivity contribution in [1.29, 1.82) is 0 Å². The van der Waals surface area contributed by atoms with Crippen LogP contribution in [0.3, 0.4) is 0 Å². The fraction of sp³-hybridized carbons (Fsp3) is 0.500. The summed E-state index contributed by atoms with van der Waals surface area (Å²) in [6, 6.07) is 11.4. The van der Waals surface area contributed by atoms with Crippen molar-refractivity contribution in [1.82, 2.24) is 20.5 Å². The Hall–Kier alpha value is -3.19. The summed E-state index contributed by atoms with van der Waals surface area (Å²) in [6.07, 6.45) is 1.96. The molecule has 2 aromatic heterocycles. The van der Waals surface area contributed by atoms with E-state index in [0.29, 0.717) is 40.7 Å². The van der Waals surface area contributed by atoms with Crippen molar-refractivity contribution in [3.63, 3.8) is 0 Å². The second-order valence-electron chi connectivity index (χ2n) is 11.8. The molecule has 11 nitrogen and oxygen atoms in total. The normalized spacial score (nSPS) is 18.3. The summed E-state index contributed by atoms with van der Waals surface area (Å²) < 4.78 is 38.0. The first-order valence-corrected chi connectivity index (χ1v) is 16.0. The van der Waals surface area contributed by atoms with E-state index in [4.69, 9.17) is 9.15 Å². The summed E-state index contributed by atoms with van der Waals surface area (Å²) in [5.74, 6) is 2.11. The summed E-state index contributed by atoms with van der Waals surface area (Å²) in [5.41, 5.74) is -0.434. The minimum atomic E-state index is -3.62. The van der Waals surface area contributed by atoms with Gasteiger partial charge in [0, 0.05) is 20.0 Å². The lowest BCUT2D eigenvalue weighted by molar-refractivity contribution is 0.0443. The van der Waals surface area contributed by atoms with E-state index in [2.05, 4.69) is 48.7 Å². The van der Waals surface area contributed by atoms with Crippen LogP contribution in [0.4, 0.5) is 16.4 Å². The highest BCUT2D eigenvalue weighted by atomic mass is 79.9. The first-order valence-electron chi connectivity index (χ1n) is 13.3. The van der Waals surface area contributed by atoms with Crippen LogP contribution in [-0.4, -0.2) is 55.1 Å². The topological polar surface area (TPSA) is 140 Å². The molecule has 0 aliphatic heterocycles. The van der Waals surface area contributed by atoms with Gasteiger partial charge in [0.2, 0.25) is 21.8 Å². The summed E-state index contributed by atoms with van der Waals surface area (Å²) in [6.45, 7) is 10.0. The predicted molar refractivity (Wildman–Crippen MR) is 161 cm³/mol. The molecular formula is C28H37BrN6O5S. The van der Waals surface area contributed by atoms with Crippen LogP contribution in [-0.2, 0) is 26.7 Å². The third kappa shape index (κ3) is 7.76. The van der Waals surface area contributed by atoms with Gasteiger partial charge in [0.15, 0.2) is 5.82 Å². The molecule has 2 N–H and O–H groups in total. The quantitative estimate of drug-likeness (QED) is 0.298. The Kier molecular flexibility index (Phi) is 8.70. The monoisotopic (exact) mass is 648 g/mol. The lowest BCUT2D eigenvalue weighted by Crippen LogP contribution is -2.47. The van der Waals surface area contributed by atoms with Gasteiger partial charge in [-0.25, -0.2) is 18.2 Å². The van der Waals surface area contributed by atoms with Crippen LogP contribution < -0.4 is 14.9 Å². The maximum absolute atomic E-state index is 12.9. The van der Waals surface area contributed by atoms with Gasteiger partial charge in [-0.15, -0.1) is 10.2 Å². The van der Waals surface area contributed by atoms with Gasteiger partial charge in [0.05, 0.1) is 16.3 Å². The Morgan fingerprint density at radius 2 is 1.85 bits per heavy atom. The number of halogens is 1. The highest BCUT2D eigenvalue weighted by molar-refractivity contribution is 9.10. The lowest BCUT2D eigenvalue weighted by Gasteiger charge is -2.29. The molecule has 1 aromatic carbocycles. The number of sulfonamides is 1. The number of carbonyl (C=O) groups is 1. The average molecular weight is 650 g/mol. The molecule has 41 heavy (non-hydrogen) atoms. The summed E-state index contributed by atoms with van der Waals surface area (Å²) in [7, 11) is -2.19. The van der Waals surface area contributed by atoms with Gasteiger partial charge in [-0.1, -0.05) is 37.3 Å². The molecule has 1 aliphatic rings. The highest BCUT2D eigenvalue weighted by Crippen LogP contribution is 2.40. The summed E-state index contributed by atoms with van der Waals surface area (Å²) in [5, 5.41) is 14.9. The number of nitrogens with one attached hydrogen (secondary N) is 2. The maximum atomic E-state index is 12.9. The van der Waals surface area contributed by atoms with Crippen LogP contribution >= 0.6 is 15.9 Å². The van der Waals surface area contributed by atoms with Crippen molar-refractivity contribution in [2.45, 2.75) is 58.6 Å². The molecule has 0 radical (unpaired) electrons. The Bertz CT molecular complexity index is 1510. The maximum Gasteiger partial charge on any atom is 0.408 e. The van der Waals surface area contributed by atoms with Crippen molar-refractivity contribution < 1.29 is 22.4 Å². The standard InChI is InChI=1S/C28H37BrN6O5S/c1-17-13-19(17)16-30-21-14-20(22(29)23(31-21)35(6)41(7,37)38)24-33-34-25(39-24)28(5,15-18-11-9-8-10-12-18)32-26(36)40-27(2,3)4/h8-12,14,17,19H,13,15-16H2,1-7H3,(H,30,31)(H,32,36)/t17?,19?,28-/m1/s1. The Morgan fingerprint density at radius 1 is 1.20 bits per heavy atom. The number of carbonyl (C=O) groups excluding carboxylic acids is 1. The SMILES string of the molecule is CC1CC1CNc1cc(-c2nnc([C@@](C)(Cc3ccccc3)NC(=O)OC(C)(C)C)o2)c(Br)c(N(C)S(C)(=O)=O)n1. The average Bonchev–Trinajstić information content (AvgIpc) is 3.34. The zero-order valence-electron chi connectivity index (χ0n) is 24.4. The highest BCUT2D eigenvalue weighted by Gasteiger charge is 2.37. The zero-order valence-corrected chi connectivity index (χ0v) is 26.8. The number of hydrogen-bond acceptors (Lipinski definition) is 9. The number of benzene rings is 1. The molecule has 4 rings (SSSR count). The molecule has 2 unspecified atom stereocenters. The van der Waals surface area contributed by atoms with Crippen LogP contribution in [0.5, 0.6) is 0 Å². The van der Waals surface area contributed by atoms with Gasteiger partial charge in [-0.05, 0) is 73.5 Å². The van der Waals surface area contributed by atoms with Gasteiger partial charge in [0.1, 0.15) is 17.0 Å². The van der Waals surface area contributed by atoms with Crippen molar-refractivity contribution in [3.8, 4) is 11.5 Å². The van der Waals surface area contributed by atoms with E-state index in [1.807, 2.05) is 30.3 Å². The van der Waals surface area contributed by atoms with Gasteiger partial charge in [-0.2, -0.15) is 0 Å². The minimum Gasteiger partial charge on any atom is -0.444 e. The lowest BCUT2D eigenvalue weighted by atomic mass is 9.92. The number of amides is 1. The molecule has 13 heteroatoms. The molecule has 0 bridgehead atoms. The van der Waals surface area contributed by atoms with Gasteiger partial charge in [0.25, 0.3) is 0 Å². The van der Waals surface area contributed by atoms with E-state index in [1.54, 1.807) is 33.8 Å². The molecular weight excluding hydrogens is 612 g/mol. The predicted octanol–water partition coefficient (Wildman–Crippen LogP) is 5.34. The number of ether oxygens (including phenoxy) is 1. The fourth-order valence-corrected chi connectivity index (χ4v) is 5.51. The molecule has 0 spiro atoms. The Morgan fingerprint density at radius 3 is 2.44 bits per heavy atom. The first-order chi connectivity index (χ1) is 19.1. The van der Waals surface area contributed by atoms with Crippen LogP contribution in [0.1, 0.15) is 52.5 Å². The first kappa shape index (κ1) is 30.8. The summed E-state index contributed by atoms with van der Waals surface area (Å²) >= 11 is 3.52. The third-order valence-electron chi connectivity index (χ3n) is 6.86. The van der Waals surface area contributed by atoms with Gasteiger partial charge < -0.3 is 19.8 Å². The number of aromatic nitrogens is 3. The number of pyridine rings is 1. The fourth-order valence-electron chi connectivity index (χ4n) is 4.31. The van der Waals surface area contributed by atoms with E-state index in [1.165, 1.54) is 7.05 Å². The molecule has 3 aromatic rings. The third-order valence-corrected chi connectivity index (χ3v) is 8.81. The smallest absolute Gasteiger partial charge is 0.408 e. The molecule has 1 saturated carbocycles. The molecule has 0 saturated heterocycles. The van der Waals surface area contributed by atoms with Gasteiger partial charge in [-0.3, -0.25) is 4.31 Å². The molecule has 1 aliphatic carbocycles. The number of alkyl carbamates (subject to hydrolysis) is 1. The number of rotatable bonds is 10. The molecule has 1 fully saturated rings. The van der Waals surface area contributed by atoms with Crippen molar-refractivity contribution in [2.24, 2.45) is 11.8 Å². The number of hydrogen-bond donors (Lipinski definition) is 2. The van der Waals surface area contributed by atoms with E-state index >= 15 is 0 Å². The van der Waals surface area contributed by atoms with E-state index in [-0.39, 0.29) is 17.6 Å². The molecule has 222 valence electrons. The Labute approximate surface area is 249 Å². The molecule has 1 amide bonds. The van der Waals surface area contributed by atoms with Gasteiger partial charge >= 0.3 is 6.09 Å². The minimum absolute atomic E-state index is 0.130.